The topological polar surface area (TPSA) is 51.8 Å². The molecule has 0 amide bonds. The maximum absolute atomic E-state index is 13.1. The van der Waals surface area contributed by atoms with Crippen molar-refractivity contribution in [2.45, 2.75) is 6.18 Å². The molecule has 0 radical (unpaired) electrons. The molecule has 0 aliphatic heterocycles. The molecule has 106 valence electrons. The Balaban J connectivity index is 2.24. The number of fused-ring (bicyclic) bond motifs is 1. The van der Waals surface area contributed by atoms with Crippen LogP contribution in [0, 0.1) is 0 Å². The van der Waals surface area contributed by atoms with E-state index in [1.165, 1.54) is 18.3 Å². The van der Waals surface area contributed by atoms with E-state index < -0.39 is 11.7 Å². The van der Waals surface area contributed by atoms with Gasteiger partial charge in [-0.25, -0.2) is 9.97 Å². The van der Waals surface area contributed by atoms with E-state index in [-0.39, 0.29) is 17.1 Å². The number of hydrogen-bond donors (Lipinski definition) is 1. The number of halogens is 3. The van der Waals surface area contributed by atoms with Gasteiger partial charge in [0.2, 0.25) is 0 Å². The second kappa shape index (κ2) is 4.73. The molecule has 0 spiro atoms. The number of hydrogen-bond acceptors (Lipinski definition) is 3. The molecule has 0 aliphatic rings. The van der Waals surface area contributed by atoms with Crippen LogP contribution in [0.4, 0.5) is 19.0 Å². The molecule has 2 N–H and O–H groups in total. The van der Waals surface area contributed by atoms with Crippen molar-refractivity contribution < 1.29 is 13.2 Å². The van der Waals surface area contributed by atoms with Crippen molar-refractivity contribution in [3.8, 4) is 11.3 Å². The van der Waals surface area contributed by atoms with Gasteiger partial charge in [0.05, 0.1) is 11.3 Å². The summed E-state index contributed by atoms with van der Waals surface area (Å²) in [6, 6.07) is 10.3. The Kier molecular flexibility index (Phi) is 3.01. The highest BCUT2D eigenvalue weighted by atomic mass is 19.4. The lowest BCUT2D eigenvalue weighted by molar-refractivity contribution is -0.137. The van der Waals surface area contributed by atoms with Gasteiger partial charge in [-0.3, -0.25) is 0 Å². The molecule has 0 atom stereocenters. The number of nitrogen functional groups attached to an aromatic ring is 1. The highest BCUT2D eigenvalue weighted by molar-refractivity contribution is 5.89. The molecule has 3 rings (SSSR count). The molecular formula is C15H10F3N3. The van der Waals surface area contributed by atoms with Crippen molar-refractivity contribution in [2.24, 2.45) is 0 Å². The Morgan fingerprint density at radius 1 is 0.952 bits per heavy atom. The Morgan fingerprint density at radius 3 is 2.48 bits per heavy atom. The van der Waals surface area contributed by atoms with Gasteiger partial charge in [-0.1, -0.05) is 24.3 Å². The van der Waals surface area contributed by atoms with Crippen LogP contribution in [0.2, 0.25) is 0 Å². The van der Waals surface area contributed by atoms with Crippen molar-refractivity contribution >= 4 is 16.7 Å². The summed E-state index contributed by atoms with van der Waals surface area (Å²) < 4.78 is 39.2. The van der Waals surface area contributed by atoms with Gasteiger partial charge in [-0.05, 0) is 18.2 Å². The third-order valence-electron chi connectivity index (χ3n) is 3.15. The van der Waals surface area contributed by atoms with Crippen LogP contribution in [0.5, 0.6) is 0 Å². The first-order valence-corrected chi connectivity index (χ1v) is 6.14. The molecule has 2 aromatic heterocycles. The number of aromatic nitrogens is 2. The van der Waals surface area contributed by atoms with Crippen molar-refractivity contribution in [1.29, 1.82) is 0 Å². The lowest BCUT2D eigenvalue weighted by Gasteiger charge is -2.12. The fourth-order valence-corrected chi connectivity index (χ4v) is 2.17. The number of rotatable bonds is 1. The van der Waals surface area contributed by atoms with Gasteiger partial charge in [0.15, 0.2) is 0 Å². The van der Waals surface area contributed by atoms with Crippen LogP contribution in [0.1, 0.15) is 5.56 Å². The third-order valence-corrected chi connectivity index (χ3v) is 3.15. The van der Waals surface area contributed by atoms with Gasteiger partial charge >= 0.3 is 6.18 Å². The zero-order valence-corrected chi connectivity index (χ0v) is 10.7. The molecule has 0 saturated heterocycles. The first-order valence-electron chi connectivity index (χ1n) is 6.14. The summed E-state index contributed by atoms with van der Waals surface area (Å²) in [5, 5.41) is 0.732. The number of anilines is 1. The average molecular weight is 289 g/mol. The van der Waals surface area contributed by atoms with E-state index in [1.54, 1.807) is 24.3 Å². The van der Waals surface area contributed by atoms with Crippen LogP contribution in [0.25, 0.3) is 22.2 Å². The zero-order chi connectivity index (χ0) is 15.0. The van der Waals surface area contributed by atoms with Gasteiger partial charge in [0.1, 0.15) is 11.3 Å². The van der Waals surface area contributed by atoms with E-state index in [9.17, 15) is 13.2 Å². The van der Waals surface area contributed by atoms with E-state index in [0.717, 1.165) is 11.5 Å². The highest BCUT2D eigenvalue weighted by Crippen LogP contribution is 2.36. The van der Waals surface area contributed by atoms with E-state index in [4.69, 9.17) is 5.73 Å². The fraction of sp³-hybridized carbons (Fsp3) is 0.0667. The molecule has 21 heavy (non-hydrogen) atoms. The summed E-state index contributed by atoms with van der Waals surface area (Å²) in [6.45, 7) is 0. The fourth-order valence-electron chi connectivity index (χ4n) is 2.17. The minimum absolute atomic E-state index is 0.0233. The lowest BCUT2D eigenvalue weighted by atomic mass is 10.0. The van der Waals surface area contributed by atoms with Gasteiger partial charge in [0.25, 0.3) is 0 Å². The van der Waals surface area contributed by atoms with Crippen LogP contribution in [0.3, 0.4) is 0 Å². The lowest BCUT2D eigenvalue weighted by Crippen LogP contribution is -2.07. The van der Waals surface area contributed by atoms with E-state index >= 15 is 0 Å². The number of pyridine rings is 2. The predicted molar refractivity (Wildman–Crippen MR) is 74.4 cm³/mol. The molecule has 1 aromatic carbocycles. The second-order valence-corrected chi connectivity index (χ2v) is 4.51. The van der Waals surface area contributed by atoms with E-state index in [0.29, 0.717) is 5.52 Å². The second-order valence-electron chi connectivity index (χ2n) is 4.51. The van der Waals surface area contributed by atoms with Crippen LogP contribution in [-0.4, -0.2) is 9.97 Å². The quantitative estimate of drug-likeness (QED) is 0.739. The Labute approximate surface area is 118 Å². The van der Waals surface area contributed by atoms with Gasteiger partial charge in [-0.2, -0.15) is 13.2 Å². The van der Waals surface area contributed by atoms with Crippen LogP contribution in [-0.2, 0) is 6.18 Å². The molecule has 0 fully saturated rings. The number of benzene rings is 1. The summed E-state index contributed by atoms with van der Waals surface area (Å²) in [7, 11) is 0. The summed E-state index contributed by atoms with van der Waals surface area (Å²) >= 11 is 0. The van der Waals surface area contributed by atoms with E-state index in [1.807, 2.05) is 0 Å². The largest absolute Gasteiger partial charge is 0.417 e. The first-order chi connectivity index (χ1) is 9.97. The highest BCUT2D eigenvalue weighted by Gasteiger charge is 2.33. The number of nitrogens with zero attached hydrogens (tertiary/aromatic N) is 2. The standard InChI is InChI=1S/C15H10F3N3/c16-15(17,18)11-4-2-1-3-10(11)12-6-5-9-7-8-20-14(19)13(9)21-12/h1-8H,(H2,19,20). The molecule has 2 heterocycles. The van der Waals surface area contributed by atoms with Crippen LogP contribution in [0.15, 0.2) is 48.7 Å². The molecule has 0 saturated carbocycles. The van der Waals surface area contributed by atoms with Gasteiger partial charge in [0, 0.05) is 17.1 Å². The monoisotopic (exact) mass is 289 g/mol. The minimum atomic E-state index is -4.44. The average Bonchev–Trinajstić information content (AvgIpc) is 2.46. The summed E-state index contributed by atoms with van der Waals surface area (Å²) in [6.07, 6.45) is -2.91. The van der Waals surface area contributed by atoms with Gasteiger partial charge < -0.3 is 5.73 Å². The normalized spacial score (nSPS) is 11.8. The van der Waals surface area contributed by atoms with E-state index in [2.05, 4.69) is 9.97 Å². The molecule has 0 bridgehead atoms. The van der Waals surface area contributed by atoms with Crippen LogP contribution >= 0.6 is 0 Å². The third kappa shape index (κ3) is 2.40. The Hall–Kier alpha value is -2.63. The first kappa shape index (κ1) is 13.4. The SMILES string of the molecule is Nc1nccc2ccc(-c3ccccc3C(F)(F)F)nc12. The molecular weight excluding hydrogens is 279 g/mol. The summed E-state index contributed by atoms with van der Waals surface area (Å²) in [5.41, 5.74) is 5.64. The van der Waals surface area contributed by atoms with Crippen molar-refractivity contribution in [3.05, 3.63) is 54.2 Å². The smallest absolute Gasteiger partial charge is 0.382 e. The van der Waals surface area contributed by atoms with Crippen LogP contribution < -0.4 is 5.73 Å². The summed E-state index contributed by atoms with van der Waals surface area (Å²) in [4.78, 5) is 8.14. The Morgan fingerprint density at radius 2 is 1.71 bits per heavy atom. The maximum atomic E-state index is 13.1. The molecule has 6 heteroatoms. The number of alkyl halides is 3. The van der Waals surface area contributed by atoms with Crippen molar-refractivity contribution in [1.82, 2.24) is 9.97 Å². The molecule has 3 nitrogen and oxygen atoms in total. The van der Waals surface area contributed by atoms with Crippen molar-refractivity contribution in [2.75, 3.05) is 5.73 Å². The molecule has 0 aliphatic carbocycles. The summed E-state index contributed by atoms with van der Waals surface area (Å²) in [5.74, 6) is 0.193. The van der Waals surface area contributed by atoms with Crippen molar-refractivity contribution in [3.63, 3.8) is 0 Å². The zero-order valence-electron chi connectivity index (χ0n) is 10.7. The maximum Gasteiger partial charge on any atom is 0.417 e. The van der Waals surface area contributed by atoms with Gasteiger partial charge in [-0.15, -0.1) is 0 Å². The molecule has 3 aromatic rings. The predicted octanol–water partition coefficient (Wildman–Crippen LogP) is 3.90. The molecule has 0 unspecified atom stereocenters. The minimum Gasteiger partial charge on any atom is -0.382 e. The number of nitrogens with two attached hydrogens (primary N) is 1. The Bertz CT molecular complexity index is 813.